The van der Waals surface area contributed by atoms with Crippen LogP contribution in [0.25, 0.3) is 22.9 Å². The van der Waals surface area contributed by atoms with Crippen LogP contribution in [0.15, 0.2) is 45.6 Å². The van der Waals surface area contributed by atoms with Gasteiger partial charge in [-0.05, 0) is 5.41 Å². The molecule has 0 fully saturated rings. The monoisotopic (exact) mass is 641 g/mol. The van der Waals surface area contributed by atoms with Crippen LogP contribution >= 0.6 is 0 Å². The van der Waals surface area contributed by atoms with Gasteiger partial charge < -0.3 is 8.83 Å². The molecule has 3 heterocycles. The second-order valence-corrected chi connectivity index (χ2v) is 10.1. The van der Waals surface area contributed by atoms with Gasteiger partial charge in [-0.3, -0.25) is 18.7 Å². The van der Waals surface area contributed by atoms with Crippen molar-refractivity contribution < 1.29 is 38.7 Å². The fourth-order valence-corrected chi connectivity index (χ4v) is 4.13. The van der Waals surface area contributed by atoms with Gasteiger partial charge in [0.1, 0.15) is 24.3 Å². The Hall–Kier alpha value is -2.59. The maximum absolute atomic E-state index is 14.9. The molecular weight excluding hydrogens is 617 g/mol. The Kier molecular flexibility index (Phi) is 5.76. The summed E-state index contributed by atoms with van der Waals surface area (Å²) in [6.07, 6.45) is 3.09. The van der Waals surface area contributed by atoms with Gasteiger partial charge in [0.2, 0.25) is 0 Å². The van der Waals surface area contributed by atoms with Gasteiger partial charge in [-0.25, -0.2) is 0 Å². The molecule has 0 amide bonds. The van der Waals surface area contributed by atoms with Gasteiger partial charge >= 0.3 is 21.1 Å². The number of benzene rings is 2. The summed E-state index contributed by atoms with van der Waals surface area (Å²) >= 11 is 0. The topological polar surface area (TPSA) is 52.1 Å². The second kappa shape index (κ2) is 7.98. The SMILES string of the molecule is CC1(C)c2[c-]c(c(F)cc2)-c2nc(co2)C(C)(C)C(C)(C)c2coc(n2)-c2[c-]c1ccc2F.[Pt+2]. The molecule has 2 aromatic heterocycles. The molecule has 0 aliphatic carbocycles. The number of rotatable bonds is 0. The standard InChI is InChI=1S/C27H24F2N2O2.Pt/c1-25(2)15-7-9-19(28)17(11-15)23-30-21(13-32-23)26(3,4)27(5,6)22-14-33-24(31-22)18-12-16(25)8-10-20(18)29;/h7-10,13-14H,1-6H3;/q-2;+2. The first-order chi connectivity index (χ1) is 15.4. The molecule has 0 N–H and O–H groups in total. The Morgan fingerprint density at radius 1 is 0.676 bits per heavy atom. The molecule has 4 aromatic rings. The van der Waals surface area contributed by atoms with Crippen molar-refractivity contribution in [3.63, 3.8) is 0 Å². The summed E-state index contributed by atoms with van der Waals surface area (Å²) < 4.78 is 41.2. The van der Waals surface area contributed by atoms with Gasteiger partial charge in [0.25, 0.3) is 0 Å². The van der Waals surface area contributed by atoms with Crippen LogP contribution < -0.4 is 0 Å². The van der Waals surface area contributed by atoms with E-state index in [0.29, 0.717) is 22.5 Å². The van der Waals surface area contributed by atoms with Crippen molar-refractivity contribution in [1.82, 2.24) is 9.97 Å². The van der Waals surface area contributed by atoms with Crippen molar-refractivity contribution in [3.8, 4) is 22.9 Å². The Labute approximate surface area is 212 Å². The zero-order valence-corrected chi connectivity index (χ0v) is 22.0. The molecule has 5 rings (SSSR count). The van der Waals surface area contributed by atoms with Gasteiger partial charge in [-0.15, -0.1) is 47.5 Å². The van der Waals surface area contributed by atoms with Gasteiger partial charge in [-0.2, -0.15) is 0 Å². The van der Waals surface area contributed by atoms with Crippen LogP contribution in [0.4, 0.5) is 8.78 Å². The molecule has 1 aliphatic rings. The van der Waals surface area contributed by atoms with Crippen LogP contribution in [0, 0.1) is 23.8 Å². The van der Waals surface area contributed by atoms with Crippen LogP contribution in [0.2, 0.25) is 0 Å². The summed E-state index contributed by atoms with van der Waals surface area (Å²) in [7, 11) is 0. The summed E-state index contributed by atoms with van der Waals surface area (Å²) in [5.74, 6) is -0.644. The maximum Gasteiger partial charge on any atom is 2.00 e. The van der Waals surface area contributed by atoms with E-state index in [1.165, 1.54) is 12.1 Å². The predicted molar refractivity (Wildman–Crippen MR) is 120 cm³/mol. The number of oxazole rings is 2. The molecule has 0 spiro atoms. The first-order valence-electron chi connectivity index (χ1n) is 10.8. The van der Waals surface area contributed by atoms with Crippen LogP contribution in [0.5, 0.6) is 0 Å². The van der Waals surface area contributed by atoms with E-state index in [1.54, 1.807) is 24.7 Å². The summed E-state index contributed by atoms with van der Waals surface area (Å²) in [4.78, 5) is 9.31. The van der Waals surface area contributed by atoms with Crippen molar-refractivity contribution in [2.24, 2.45) is 0 Å². The number of hydrogen-bond donors (Lipinski definition) is 0. The van der Waals surface area contributed by atoms with E-state index in [1.807, 2.05) is 41.5 Å². The van der Waals surface area contributed by atoms with Gasteiger partial charge in [-0.1, -0.05) is 52.7 Å². The molecule has 8 bridgehead atoms. The van der Waals surface area contributed by atoms with Crippen molar-refractivity contribution in [1.29, 1.82) is 0 Å². The third-order valence-electron chi connectivity index (χ3n) is 7.42. The maximum atomic E-state index is 14.9. The Morgan fingerprint density at radius 2 is 1.06 bits per heavy atom. The third-order valence-corrected chi connectivity index (χ3v) is 7.42. The first-order valence-corrected chi connectivity index (χ1v) is 10.8. The molecule has 0 radical (unpaired) electrons. The molecule has 0 saturated carbocycles. The molecule has 4 nitrogen and oxygen atoms in total. The fraction of sp³-hybridized carbons (Fsp3) is 0.333. The summed E-state index contributed by atoms with van der Waals surface area (Å²) in [6.45, 7) is 11.9. The normalized spacial score (nSPS) is 17.3. The van der Waals surface area contributed by atoms with Gasteiger partial charge in [0.15, 0.2) is 0 Å². The van der Waals surface area contributed by atoms with E-state index in [0.717, 1.165) is 0 Å². The molecule has 1 aliphatic heterocycles. The number of nitrogens with zero attached hydrogens (tertiary/aromatic N) is 2. The van der Waals surface area contributed by atoms with Gasteiger partial charge in [0, 0.05) is 22.5 Å². The molecular formula is C27H24F2N2O2Pt. The molecule has 178 valence electrons. The van der Waals surface area contributed by atoms with E-state index in [-0.39, 0.29) is 44.0 Å². The molecule has 2 aromatic carbocycles. The van der Waals surface area contributed by atoms with Crippen LogP contribution in [0.1, 0.15) is 64.1 Å². The molecule has 0 unspecified atom stereocenters. The molecule has 34 heavy (non-hydrogen) atoms. The Bertz CT molecular complexity index is 1280. The number of aromatic nitrogens is 2. The molecule has 0 atom stereocenters. The van der Waals surface area contributed by atoms with Crippen molar-refractivity contribution in [3.05, 3.63) is 83.1 Å². The summed E-state index contributed by atoms with van der Waals surface area (Å²) in [5.41, 5.74) is 1.12. The average Bonchev–Trinajstić information content (AvgIpc) is 3.44. The van der Waals surface area contributed by atoms with E-state index < -0.39 is 27.9 Å². The van der Waals surface area contributed by atoms with E-state index in [2.05, 4.69) is 22.1 Å². The van der Waals surface area contributed by atoms with E-state index in [9.17, 15) is 8.78 Å². The minimum absolute atomic E-state index is 0. The van der Waals surface area contributed by atoms with Gasteiger partial charge in [0.05, 0.1) is 11.4 Å². The van der Waals surface area contributed by atoms with Crippen molar-refractivity contribution in [2.75, 3.05) is 0 Å². The largest absolute Gasteiger partial charge is 2.00 e. The average molecular weight is 642 g/mol. The first kappa shape index (κ1) is 24.5. The fourth-order valence-electron chi connectivity index (χ4n) is 4.13. The quantitative estimate of drug-likeness (QED) is 0.199. The van der Waals surface area contributed by atoms with E-state index >= 15 is 0 Å². The summed E-state index contributed by atoms with van der Waals surface area (Å²) in [6, 6.07) is 12.4. The van der Waals surface area contributed by atoms with Crippen molar-refractivity contribution in [2.45, 2.75) is 57.8 Å². The second-order valence-electron chi connectivity index (χ2n) is 10.1. The summed E-state index contributed by atoms with van der Waals surface area (Å²) in [5, 5.41) is 0. The van der Waals surface area contributed by atoms with Crippen LogP contribution in [0.3, 0.4) is 0 Å². The Balaban J connectivity index is 0.00000274. The Morgan fingerprint density at radius 3 is 1.44 bits per heavy atom. The zero-order chi connectivity index (χ0) is 23.8. The van der Waals surface area contributed by atoms with Crippen LogP contribution in [-0.2, 0) is 37.3 Å². The van der Waals surface area contributed by atoms with E-state index in [4.69, 9.17) is 8.83 Å². The smallest absolute Gasteiger partial charge is 0.488 e. The zero-order valence-electron chi connectivity index (χ0n) is 19.7. The predicted octanol–water partition coefficient (Wildman–Crippen LogP) is 6.77. The number of hydrogen-bond acceptors (Lipinski definition) is 4. The molecule has 7 heteroatoms. The number of halogens is 2. The van der Waals surface area contributed by atoms with Crippen molar-refractivity contribution >= 4 is 0 Å². The molecule has 0 saturated heterocycles. The third kappa shape index (κ3) is 3.49. The van der Waals surface area contributed by atoms with Crippen LogP contribution in [-0.4, -0.2) is 9.97 Å². The minimum Gasteiger partial charge on any atom is -0.488 e. The number of fused-ring (bicyclic) bond motifs is 10. The minimum atomic E-state index is -0.672.